The number of anilines is 2. The lowest BCUT2D eigenvalue weighted by Gasteiger charge is -2.22. The van der Waals surface area contributed by atoms with Crippen LogP contribution in [0.25, 0.3) is 0 Å². The molecule has 10 heteroatoms. The predicted molar refractivity (Wildman–Crippen MR) is 190 cm³/mol. The van der Waals surface area contributed by atoms with Gasteiger partial charge in [0.05, 0.1) is 13.5 Å². The maximum absolute atomic E-state index is 13.8. The summed E-state index contributed by atoms with van der Waals surface area (Å²) < 4.78 is 11.0. The predicted octanol–water partition coefficient (Wildman–Crippen LogP) is 6.91. The number of amidine groups is 1. The van der Waals surface area contributed by atoms with Crippen LogP contribution in [0.5, 0.6) is 11.5 Å². The van der Waals surface area contributed by atoms with Crippen molar-refractivity contribution >= 4 is 29.2 Å². The molecule has 1 heterocycles. The Morgan fingerprint density at radius 3 is 2.50 bits per heavy atom. The fraction of sp³-hybridized carbons (Fsp3) is 0.316. The summed E-state index contributed by atoms with van der Waals surface area (Å²) in [6, 6.07) is 25.9. The summed E-state index contributed by atoms with van der Waals surface area (Å²) >= 11 is 0. The fourth-order valence-corrected chi connectivity index (χ4v) is 5.01. The number of ether oxygens (including phenoxy) is 2. The molecule has 0 aliphatic heterocycles. The Morgan fingerprint density at radius 1 is 0.938 bits per heavy atom. The Hall–Kier alpha value is -5.38. The first-order valence-corrected chi connectivity index (χ1v) is 16.4. The Kier molecular flexibility index (Phi) is 13.8. The van der Waals surface area contributed by atoms with Crippen LogP contribution in [-0.4, -0.2) is 49.5 Å². The number of methoxy groups -OCH3 is 1. The summed E-state index contributed by atoms with van der Waals surface area (Å²) in [5.74, 6) is 0.895. The number of hydrogen-bond acceptors (Lipinski definition) is 8. The van der Waals surface area contributed by atoms with Crippen LogP contribution < -0.4 is 25.4 Å². The molecule has 252 valence electrons. The average Bonchev–Trinajstić information content (AvgIpc) is 3.11. The van der Waals surface area contributed by atoms with Crippen LogP contribution in [0.2, 0.25) is 0 Å². The molecule has 3 aromatic carbocycles. The van der Waals surface area contributed by atoms with Gasteiger partial charge < -0.3 is 25.4 Å². The molecular weight excluding hydrogens is 606 g/mol. The van der Waals surface area contributed by atoms with Crippen LogP contribution in [-0.2, 0) is 16.1 Å². The number of carbonyl (C=O) groups excluding carboxylic acids is 2. The van der Waals surface area contributed by atoms with Crippen molar-refractivity contribution in [3.63, 3.8) is 0 Å². The van der Waals surface area contributed by atoms with Gasteiger partial charge in [0, 0.05) is 36.1 Å². The van der Waals surface area contributed by atoms with Gasteiger partial charge in [0.1, 0.15) is 12.4 Å². The van der Waals surface area contributed by atoms with Gasteiger partial charge in [0.15, 0.2) is 17.3 Å². The number of nitrogens with two attached hydrogens (primary N) is 1. The van der Waals surface area contributed by atoms with Crippen LogP contribution in [0.15, 0.2) is 96.3 Å². The number of amides is 1. The summed E-state index contributed by atoms with van der Waals surface area (Å²) in [6.45, 7) is 5.32. The third-order valence-corrected chi connectivity index (χ3v) is 7.67. The van der Waals surface area contributed by atoms with Crippen molar-refractivity contribution in [1.29, 1.82) is 0 Å². The van der Waals surface area contributed by atoms with E-state index in [1.165, 1.54) is 24.9 Å². The Balaban J connectivity index is 1.34. The van der Waals surface area contributed by atoms with E-state index in [0.717, 1.165) is 35.2 Å². The van der Waals surface area contributed by atoms with E-state index in [9.17, 15) is 9.59 Å². The Labute approximate surface area is 282 Å². The molecule has 0 saturated carbocycles. The number of esters is 1. The first-order valence-electron chi connectivity index (χ1n) is 16.4. The fourth-order valence-electron chi connectivity index (χ4n) is 5.01. The van der Waals surface area contributed by atoms with Crippen LogP contribution in [0.4, 0.5) is 11.5 Å². The molecule has 10 nitrogen and oxygen atoms in total. The van der Waals surface area contributed by atoms with Gasteiger partial charge in [-0.3, -0.25) is 14.5 Å². The van der Waals surface area contributed by atoms with Gasteiger partial charge in [-0.2, -0.15) is 0 Å². The molecule has 1 amide bonds. The van der Waals surface area contributed by atoms with Gasteiger partial charge in [0.2, 0.25) is 0 Å². The number of aryl methyl sites for hydroxylation is 1. The average molecular weight is 652 g/mol. The topological polar surface area (TPSA) is 128 Å². The smallest absolute Gasteiger partial charge is 0.313 e. The maximum atomic E-state index is 13.8. The molecule has 0 atom stereocenters. The monoisotopic (exact) mass is 651 g/mol. The Bertz CT molecular complexity index is 1640. The number of rotatable bonds is 18. The van der Waals surface area contributed by atoms with E-state index in [2.05, 4.69) is 22.4 Å². The number of hydrogen-bond donors (Lipinski definition) is 2. The van der Waals surface area contributed by atoms with Gasteiger partial charge in [-0.05, 0) is 91.9 Å². The molecule has 0 radical (unpaired) electrons. The number of nitrogens with one attached hydrogen (secondary N) is 1. The summed E-state index contributed by atoms with van der Waals surface area (Å²) in [4.78, 5) is 37.9. The van der Waals surface area contributed by atoms with Gasteiger partial charge >= 0.3 is 5.97 Å². The van der Waals surface area contributed by atoms with E-state index in [1.807, 2.05) is 61.5 Å². The summed E-state index contributed by atoms with van der Waals surface area (Å²) in [5.41, 5.74) is 10.1. The number of aromatic nitrogens is 1. The number of oxime groups is 1. The highest BCUT2D eigenvalue weighted by Crippen LogP contribution is 2.30. The van der Waals surface area contributed by atoms with Crippen molar-refractivity contribution in [2.24, 2.45) is 10.9 Å². The lowest BCUT2D eigenvalue weighted by molar-refractivity contribution is -0.134. The second-order valence-electron chi connectivity index (χ2n) is 11.3. The normalized spacial score (nSPS) is 11.1. The van der Waals surface area contributed by atoms with E-state index in [4.69, 9.17) is 20.0 Å². The van der Waals surface area contributed by atoms with Crippen molar-refractivity contribution in [2.75, 3.05) is 37.0 Å². The SMILES string of the molecule is CCCCCCON=C(N)c1ccc(NCCc2cccc(C(=O)N(CCC(=O)Oc3c(C)cccc3OC)c3ccccn3)c2)cc1. The van der Waals surface area contributed by atoms with Crippen LogP contribution >= 0.6 is 0 Å². The molecule has 0 aliphatic rings. The van der Waals surface area contributed by atoms with Crippen LogP contribution in [0, 0.1) is 6.92 Å². The molecule has 0 unspecified atom stereocenters. The third kappa shape index (κ3) is 10.6. The number of benzene rings is 3. The standard InChI is InChI=1S/C38H45N5O5/c1-4-5-6-9-26-47-42-37(39)30-17-19-32(20-18-30)40-24-21-29-13-11-14-31(27-29)38(45)43(34-16-7-8-23-41-34)25-22-35(44)48-36-28(2)12-10-15-33(36)46-3/h7-8,10-20,23,27,40H,4-6,9,21-22,24-26H2,1-3H3,(H2,39,42). The first kappa shape index (κ1) is 35.5. The van der Waals surface area contributed by atoms with Crippen LogP contribution in [0.3, 0.4) is 0 Å². The highest BCUT2D eigenvalue weighted by molar-refractivity contribution is 6.06. The molecule has 0 aliphatic carbocycles. The van der Waals surface area contributed by atoms with Gasteiger partial charge in [0.25, 0.3) is 5.91 Å². The first-order chi connectivity index (χ1) is 23.4. The summed E-state index contributed by atoms with van der Waals surface area (Å²) in [5, 5.41) is 7.45. The molecule has 48 heavy (non-hydrogen) atoms. The number of unbranched alkanes of at least 4 members (excludes halogenated alkanes) is 3. The van der Waals surface area contributed by atoms with Gasteiger partial charge in [-0.15, -0.1) is 0 Å². The molecule has 0 saturated heterocycles. The van der Waals surface area contributed by atoms with Crippen molar-refractivity contribution < 1.29 is 23.9 Å². The molecule has 1 aromatic heterocycles. The molecule has 0 spiro atoms. The largest absolute Gasteiger partial charge is 0.493 e. The van der Waals surface area contributed by atoms with Gasteiger partial charge in [-0.25, -0.2) is 4.98 Å². The molecule has 0 bridgehead atoms. The zero-order valence-corrected chi connectivity index (χ0v) is 28.0. The second-order valence-corrected chi connectivity index (χ2v) is 11.3. The number of para-hydroxylation sites is 1. The Morgan fingerprint density at radius 2 is 1.75 bits per heavy atom. The molecule has 0 fully saturated rings. The van der Waals surface area contributed by atoms with Crippen LogP contribution in [0.1, 0.15) is 66.1 Å². The van der Waals surface area contributed by atoms with Gasteiger partial charge in [-0.1, -0.05) is 55.3 Å². The minimum Gasteiger partial charge on any atom is -0.493 e. The van der Waals surface area contributed by atoms with E-state index in [0.29, 0.717) is 48.3 Å². The van der Waals surface area contributed by atoms with Crippen molar-refractivity contribution in [3.8, 4) is 11.5 Å². The zero-order chi connectivity index (χ0) is 34.1. The number of carbonyl (C=O) groups is 2. The number of nitrogens with zero attached hydrogens (tertiary/aromatic N) is 3. The van der Waals surface area contributed by atoms with E-state index < -0.39 is 5.97 Å². The highest BCUT2D eigenvalue weighted by Gasteiger charge is 2.21. The number of pyridine rings is 1. The van der Waals surface area contributed by atoms with Crippen molar-refractivity contribution in [3.05, 3.63) is 113 Å². The van der Waals surface area contributed by atoms with E-state index in [1.54, 1.807) is 36.5 Å². The molecule has 4 aromatic rings. The van der Waals surface area contributed by atoms with Crippen molar-refractivity contribution in [1.82, 2.24) is 4.98 Å². The van der Waals surface area contributed by atoms with E-state index >= 15 is 0 Å². The lowest BCUT2D eigenvalue weighted by Crippen LogP contribution is -2.34. The zero-order valence-electron chi connectivity index (χ0n) is 28.0. The minimum atomic E-state index is -0.481. The summed E-state index contributed by atoms with van der Waals surface area (Å²) in [7, 11) is 1.52. The van der Waals surface area contributed by atoms with Crippen molar-refractivity contribution in [2.45, 2.75) is 52.4 Å². The molecule has 3 N–H and O–H groups in total. The maximum Gasteiger partial charge on any atom is 0.313 e. The highest BCUT2D eigenvalue weighted by atomic mass is 16.6. The third-order valence-electron chi connectivity index (χ3n) is 7.67. The minimum absolute atomic E-state index is 0.0359. The quantitative estimate of drug-likeness (QED) is 0.0297. The second kappa shape index (κ2) is 18.7. The summed E-state index contributed by atoms with van der Waals surface area (Å²) in [6.07, 6.45) is 6.73. The molecular formula is C38H45N5O5. The lowest BCUT2D eigenvalue weighted by atomic mass is 10.1. The van der Waals surface area contributed by atoms with E-state index in [-0.39, 0.29) is 18.9 Å². The molecule has 4 rings (SSSR count).